The Hall–Kier alpha value is -2.43. The minimum Gasteiger partial charge on any atom is -0.415 e. The summed E-state index contributed by atoms with van der Waals surface area (Å²) in [4.78, 5) is 13.4. The molecule has 0 saturated heterocycles. The number of carbonyl (C=O) groups is 1. The number of thiocarbonyl (C=S) groups is 1. The second kappa shape index (κ2) is 10.6. The van der Waals surface area contributed by atoms with Crippen molar-refractivity contribution >= 4 is 55.4 Å². The molecule has 0 bridgehead atoms. The van der Waals surface area contributed by atoms with Gasteiger partial charge in [0.15, 0.2) is 5.11 Å². The number of hydrogen-bond acceptors (Lipinski definition) is 7. The van der Waals surface area contributed by atoms with Gasteiger partial charge >= 0.3 is 6.61 Å². The van der Waals surface area contributed by atoms with Crippen LogP contribution in [0.2, 0.25) is 0 Å². The minimum atomic E-state index is -4.02. The number of halogens is 3. The number of amides is 1. The Kier molecular flexibility index (Phi) is 7.59. The average molecular weight is 593 g/mol. The van der Waals surface area contributed by atoms with Crippen molar-refractivity contribution in [3.05, 3.63) is 16.5 Å². The summed E-state index contributed by atoms with van der Waals surface area (Å²) in [5.41, 5.74) is 0.601. The molecule has 0 spiro atoms. The number of nitrogens with one attached hydrogen (secondary N) is 4. The molecule has 2 heterocycles. The zero-order valence-electron chi connectivity index (χ0n) is 20.3. The third-order valence-corrected chi connectivity index (χ3v) is 9.90. The number of ether oxygens (including phenoxy) is 1. The van der Waals surface area contributed by atoms with Crippen molar-refractivity contribution in [2.24, 2.45) is 13.0 Å². The van der Waals surface area contributed by atoms with E-state index in [-0.39, 0.29) is 46.6 Å². The molecule has 2 aromatic heterocycles. The van der Waals surface area contributed by atoms with E-state index < -0.39 is 28.8 Å². The van der Waals surface area contributed by atoms with Gasteiger partial charge in [-0.25, -0.2) is 22.2 Å². The number of aromatic nitrogens is 2. The molecule has 1 amide bonds. The number of thiophene rings is 1. The number of fused-ring (bicyclic) bond motifs is 1. The Morgan fingerprint density at radius 2 is 1.97 bits per heavy atom. The first-order chi connectivity index (χ1) is 18.0. The Morgan fingerprint density at radius 1 is 1.24 bits per heavy atom. The van der Waals surface area contributed by atoms with Gasteiger partial charge < -0.3 is 20.7 Å². The van der Waals surface area contributed by atoms with Gasteiger partial charge in [-0.1, -0.05) is 0 Å². The van der Waals surface area contributed by atoms with Crippen LogP contribution < -0.4 is 25.4 Å². The maximum absolute atomic E-state index is 13.4. The molecule has 5 rings (SSSR count). The lowest BCUT2D eigenvalue weighted by molar-refractivity contribution is -0.117. The first kappa shape index (κ1) is 27.1. The summed E-state index contributed by atoms with van der Waals surface area (Å²) in [6.07, 6.45) is 2.32. The number of anilines is 2. The van der Waals surface area contributed by atoms with Crippen LogP contribution in [0.25, 0.3) is 0 Å². The zero-order valence-corrected chi connectivity index (χ0v) is 22.7. The third kappa shape index (κ3) is 6.07. The fraction of sp³-hybridized carbons (Fsp3) is 0.591. The number of alkyl halides is 3. The predicted octanol–water partition coefficient (Wildman–Crippen LogP) is 3.05. The summed E-state index contributed by atoms with van der Waals surface area (Å²) < 4.78 is 73.4. The lowest BCUT2D eigenvalue weighted by Gasteiger charge is -2.30. The molecule has 2 aromatic rings. The van der Waals surface area contributed by atoms with E-state index in [4.69, 9.17) is 12.2 Å². The molecule has 0 aromatic carbocycles. The second-order valence-corrected chi connectivity index (χ2v) is 12.9. The Morgan fingerprint density at radius 3 is 2.63 bits per heavy atom. The van der Waals surface area contributed by atoms with Crippen LogP contribution in [0.15, 0.2) is 11.0 Å². The van der Waals surface area contributed by atoms with Crippen molar-refractivity contribution in [1.29, 1.82) is 0 Å². The molecular formula is C22H27F3N6O4S3. The highest BCUT2D eigenvalue weighted by Gasteiger charge is 2.39. The number of carbonyl (C=O) groups excluding carboxylic acids is 1. The number of aryl methyl sites for hydroxylation is 2. The maximum atomic E-state index is 13.4. The Bertz CT molecular complexity index is 1340. The van der Waals surface area contributed by atoms with Crippen LogP contribution in [0.3, 0.4) is 0 Å². The zero-order chi connectivity index (χ0) is 27.2. The van der Waals surface area contributed by atoms with E-state index in [0.29, 0.717) is 35.6 Å². The van der Waals surface area contributed by atoms with Crippen molar-refractivity contribution < 1.29 is 31.1 Å². The van der Waals surface area contributed by atoms with Crippen molar-refractivity contribution in [3.63, 3.8) is 0 Å². The van der Waals surface area contributed by atoms with Gasteiger partial charge in [-0.15, -0.1) is 16.4 Å². The van der Waals surface area contributed by atoms with Crippen LogP contribution in [0.5, 0.6) is 5.88 Å². The topological polar surface area (TPSA) is 126 Å². The lowest BCUT2D eigenvalue weighted by Crippen LogP contribution is -2.45. The van der Waals surface area contributed by atoms with Gasteiger partial charge in [0.05, 0.1) is 0 Å². The van der Waals surface area contributed by atoms with Crippen molar-refractivity contribution in [3.8, 4) is 5.88 Å². The molecule has 3 aliphatic rings. The van der Waals surface area contributed by atoms with Gasteiger partial charge in [-0.05, 0) is 62.7 Å². The fourth-order valence-corrected chi connectivity index (χ4v) is 8.08. The molecule has 208 valence electrons. The highest BCUT2D eigenvalue weighted by Crippen LogP contribution is 2.42. The summed E-state index contributed by atoms with van der Waals surface area (Å²) in [7, 11) is -2.48. The van der Waals surface area contributed by atoms with Crippen LogP contribution in [0.4, 0.5) is 24.0 Å². The molecule has 2 fully saturated rings. The minimum absolute atomic E-state index is 0.0413. The molecule has 10 nitrogen and oxygen atoms in total. The molecule has 4 N–H and O–H groups in total. The predicted molar refractivity (Wildman–Crippen MR) is 139 cm³/mol. The summed E-state index contributed by atoms with van der Waals surface area (Å²) in [5, 5.41) is 13.2. The highest BCUT2D eigenvalue weighted by molar-refractivity contribution is 7.90. The number of nitrogens with zero attached hydrogens (tertiary/aromatic N) is 2. The summed E-state index contributed by atoms with van der Waals surface area (Å²) in [6.45, 7) is -3.01. The molecule has 3 aliphatic carbocycles. The quantitative estimate of drug-likeness (QED) is 0.328. The van der Waals surface area contributed by atoms with Crippen molar-refractivity contribution in [2.45, 2.75) is 74.7 Å². The van der Waals surface area contributed by atoms with Gasteiger partial charge in [-0.2, -0.15) is 8.78 Å². The van der Waals surface area contributed by atoms with Crippen LogP contribution in [0.1, 0.15) is 42.5 Å². The van der Waals surface area contributed by atoms with Crippen molar-refractivity contribution in [2.75, 3.05) is 10.6 Å². The average Bonchev–Trinajstić information content (AvgIpc) is 3.51. The van der Waals surface area contributed by atoms with Crippen LogP contribution >= 0.6 is 23.6 Å². The molecule has 0 radical (unpaired) electrons. The molecule has 2 saturated carbocycles. The number of hydrogen-bond donors (Lipinski definition) is 4. The SMILES string of the molecule is Cn1nc(OC(F)F)cc1NC(=S)N[C@H]1CCc2sc(NC(=O)C3CC3)c(S(=O)(=O)N[C@H]3C[C@@H](F)C3)c2C1. The monoisotopic (exact) mass is 592 g/mol. The maximum Gasteiger partial charge on any atom is 0.388 e. The molecule has 16 heteroatoms. The molecule has 38 heavy (non-hydrogen) atoms. The summed E-state index contributed by atoms with van der Waals surface area (Å²) in [5.74, 6) is -0.233. The molecule has 0 aliphatic heterocycles. The van der Waals surface area contributed by atoms with E-state index in [1.165, 1.54) is 29.1 Å². The summed E-state index contributed by atoms with van der Waals surface area (Å²) >= 11 is 6.66. The van der Waals surface area contributed by atoms with Crippen LogP contribution in [-0.4, -0.2) is 54.1 Å². The van der Waals surface area contributed by atoms with E-state index in [0.717, 1.165) is 17.7 Å². The van der Waals surface area contributed by atoms with E-state index in [1.54, 1.807) is 0 Å². The highest BCUT2D eigenvalue weighted by atomic mass is 32.2. The van der Waals surface area contributed by atoms with Gasteiger partial charge in [-0.3, -0.25) is 4.79 Å². The van der Waals surface area contributed by atoms with E-state index in [1.807, 2.05) is 0 Å². The second-order valence-electron chi connectivity index (χ2n) is 9.72. The largest absolute Gasteiger partial charge is 0.415 e. The molecule has 1 atom stereocenters. The number of sulfonamides is 1. The Balaban J connectivity index is 1.32. The number of rotatable bonds is 9. The fourth-order valence-electron chi connectivity index (χ4n) is 4.57. The van der Waals surface area contributed by atoms with Gasteiger partial charge in [0, 0.05) is 36.0 Å². The van der Waals surface area contributed by atoms with E-state index >= 15 is 0 Å². The smallest absolute Gasteiger partial charge is 0.388 e. The van der Waals surface area contributed by atoms with E-state index in [9.17, 15) is 26.4 Å². The van der Waals surface area contributed by atoms with Crippen LogP contribution in [0, 0.1) is 5.92 Å². The third-order valence-electron chi connectivity index (χ3n) is 6.71. The van der Waals surface area contributed by atoms with E-state index in [2.05, 4.69) is 30.5 Å². The first-order valence-electron chi connectivity index (χ1n) is 12.2. The van der Waals surface area contributed by atoms with Gasteiger partial charge in [0.1, 0.15) is 21.9 Å². The summed E-state index contributed by atoms with van der Waals surface area (Å²) in [6, 6.07) is 0.567. The molecular weight excluding hydrogens is 565 g/mol. The van der Waals surface area contributed by atoms with Gasteiger partial charge in [0.25, 0.3) is 0 Å². The Labute approximate surface area is 226 Å². The lowest BCUT2D eigenvalue weighted by atomic mass is 9.92. The van der Waals surface area contributed by atoms with Gasteiger partial charge in [0.2, 0.25) is 21.8 Å². The molecule has 0 unspecified atom stereocenters. The first-order valence-corrected chi connectivity index (χ1v) is 14.9. The van der Waals surface area contributed by atoms with Crippen LogP contribution in [-0.2, 0) is 34.7 Å². The standard InChI is InChI=1S/C22H27F3N6O4S3/c1-31-16(9-17(29-31)35-21(24)25)27-22(36)26-12-4-5-15-14(8-12)18(20(37-15)28-19(32)10-2-3-10)38(33,34)30-13-6-11(23)7-13/h9-13,21,30H,2-8H2,1H3,(H,28,32)(H2,26,27,36)/t11-,12-,13+/m0/s1. The normalized spacial score (nSPS) is 22.9. The van der Waals surface area contributed by atoms with Crippen molar-refractivity contribution in [1.82, 2.24) is 19.8 Å².